The van der Waals surface area contributed by atoms with Gasteiger partial charge in [-0.15, -0.1) is 0 Å². The summed E-state index contributed by atoms with van der Waals surface area (Å²) in [5.74, 6) is -0.364. The zero-order chi connectivity index (χ0) is 12.8. The standard InChI is InChI=1S/C11H14ClN3O2/c1-15(2)9(16)5-7-14-11(17)8-4-3-6-13-10(8)12/h3-4,6H,5,7H2,1-2H3,(H,14,17). The average Bonchev–Trinajstić information content (AvgIpc) is 2.29. The Morgan fingerprint density at radius 1 is 1.47 bits per heavy atom. The number of amides is 2. The number of carbonyl (C=O) groups is 2. The van der Waals surface area contributed by atoms with Crippen molar-refractivity contribution in [1.29, 1.82) is 0 Å². The number of nitrogens with zero attached hydrogens (tertiary/aromatic N) is 2. The third-order valence-corrected chi connectivity index (χ3v) is 2.43. The van der Waals surface area contributed by atoms with E-state index in [9.17, 15) is 9.59 Å². The quantitative estimate of drug-likeness (QED) is 0.815. The molecule has 6 heteroatoms. The van der Waals surface area contributed by atoms with Crippen LogP contribution in [0.3, 0.4) is 0 Å². The van der Waals surface area contributed by atoms with Gasteiger partial charge in [0, 0.05) is 33.3 Å². The molecule has 0 spiro atoms. The molecular weight excluding hydrogens is 242 g/mol. The van der Waals surface area contributed by atoms with E-state index in [2.05, 4.69) is 10.3 Å². The number of halogens is 1. The molecule has 0 atom stereocenters. The Kier molecular flexibility index (Phi) is 4.90. The minimum atomic E-state index is -0.324. The summed E-state index contributed by atoms with van der Waals surface area (Å²) in [4.78, 5) is 28.2. The van der Waals surface area contributed by atoms with Crippen molar-refractivity contribution in [3.05, 3.63) is 29.0 Å². The molecule has 0 bridgehead atoms. The molecule has 1 rings (SSSR count). The molecule has 0 radical (unpaired) electrons. The molecule has 0 aliphatic heterocycles. The van der Waals surface area contributed by atoms with Crippen molar-refractivity contribution in [1.82, 2.24) is 15.2 Å². The van der Waals surface area contributed by atoms with Crippen molar-refractivity contribution < 1.29 is 9.59 Å². The molecule has 1 N–H and O–H groups in total. The highest BCUT2D eigenvalue weighted by atomic mass is 35.5. The predicted octanol–water partition coefficient (Wildman–Crippen LogP) is 0.943. The van der Waals surface area contributed by atoms with E-state index in [1.807, 2.05) is 0 Å². The topological polar surface area (TPSA) is 62.3 Å². The molecule has 0 saturated heterocycles. The Hall–Kier alpha value is -1.62. The van der Waals surface area contributed by atoms with E-state index in [0.29, 0.717) is 5.56 Å². The fourth-order valence-electron chi connectivity index (χ4n) is 1.16. The molecule has 0 aromatic carbocycles. The van der Waals surface area contributed by atoms with Crippen molar-refractivity contribution in [2.45, 2.75) is 6.42 Å². The highest BCUT2D eigenvalue weighted by molar-refractivity contribution is 6.32. The minimum absolute atomic E-state index is 0.0393. The molecule has 2 amide bonds. The van der Waals surface area contributed by atoms with Crippen LogP contribution in [0.5, 0.6) is 0 Å². The Balaban J connectivity index is 2.46. The first-order valence-corrected chi connectivity index (χ1v) is 5.49. The number of carbonyl (C=O) groups excluding carboxylic acids is 2. The third kappa shape index (κ3) is 4.03. The summed E-state index contributed by atoms with van der Waals surface area (Å²) in [6.45, 7) is 0.279. The molecule has 17 heavy (non-hydrogen) atoms. The van der Waals surface area contributed by atoms with Crippen molar-refractivity contribution in [3.8, 4) is 0 Å². The molecule has 0 aliphatic rings. The van der Waals surface area contributed by atoms with Crippen molar-refractivity contribution >= 4 is 23.4 Å². The Morgan fingerprint density at radius 3 is 2.76 bits per heavy atom. The number of rotatable bonds is 4. The molecule has 0 aliphatic carbocycles. The SMILES string of the molecule is CN(C)C(=O)CCNC(=O)c1cccnc1Cl. The number of aromatic nitrogens is 1. The van der Waals surface area contributed by atoms with Gasteiger partial charge in [-0.2, -0.15) is 0 Å². The van der Waals surface area contributed by atoms with Gasteiger partial charge in [-0.25, -0.2) is 4.98 Å². The molecule has 1 heterocycles. The van der Waals surface area contributed by atoms with Crippen molar-refractivity contribution in [2.75, 3.05) is 20.6 Å². The normalized spacial score (nSPS) is 9.82. The van der Waals surface area contributed by atoms with Gasteiger partial charge < -0.3 is 10.2 Å². The molecule has 92 valence electrons. The Labute approximate surface area is 105 Å². The van der Waals surface area contributed by atoms with E-state index in [1.165, 1.54) is 11.1 Å². The molecular formula is C11H14ClN3O2. The summed E-state index contributed by atoms with van der Waals surface area (Å²) in [6, 6.07) is 3.21. The monoisotopic (exact) mass is 255 g/mol. The Bertz CT molecular complexity index is 421. The highest BCUT2D eigenvalue weighted by Gasteiger charge is 2.11. The summed E-state index contributed by atoms with van der Waals surface area (Å²) in [5, 5.41) is 2.77. The van der Waals surface area contributed by atoms with E-state index in [4.69, 9.17) is 11.6 Å². The summed E-state index contributed by atoms with van der Waals surface area (Å²) < 4.78 is 0. The lowest BCUT2D eigenvalue weighted by atomic mass is 10.2. The Morgan fingerprint density at radius 2 is 2.18 bits per heavy atom. The van der Waals surface area contributed by atoms with Gasteiger partial charge in [-0.05, 0) is 12.1 Å². The first-order chi connectivity index (χ1) is 8.02. The summed E-state index contributed by atoms with van der Waals surface area (Å²) in [5.41, 5.74) is 0.312. The van der Waals surface area contributed by atoms with Crippen LogP contribution in [0.25, 0.3) is 0 Å². The van der Waals surface area contributed by atoms with Gasteiger partial charge in [0.05, 0.1) is 5.56 Å². The first-order valence-electron chi connectivity index (χ1n) is 5.11. The fraction of sp³-hybridized carbons (Fsp3) is 0.364. The van der Waals surface area contributed by atoms with E-state index >= 15 is 0 Å². The molecule has 5 nitrogen and oxygen atoms in total. The zero-order valence-electron chi connectivity index (χ0n) is 9.74. The van der Waals surface area contributed by atoms with Crippen molar-refractivity contribution in [2.24, 2.45) is 0 Å². The minimum Gasteiger partial charge on any atom is -0.351 e. The predicted molar refractivity (Wildman–Crippen MR) is 64.9 cm³/mol. The van der Waals surface area contributed by atoms with Crippen LogP contribution in [0.2, 0.25) is 5.15 Å². The number of pyridine rings is 1. The summed E-state index contributed by atoms with van der Waals surface area (Å²) >= 11 is 5.76. The van der Waals surface area contributed by atoms with Crippen LogP contribution in [0.4, 0.5) is 0 Å². The number of nitrogens with one attached hydrogen (secondary N) is 1. The number of hydrogen-bond donors (Lipinski definition) is 1. The van der Waals surface area contributed by atoms with Gasteiger partial charge in [0.25, 0.3) is 5.91 Å². The molecule has 1 aromatic rings. The van der Waals surface area contributed by atoms with E-state index < -0.39 is 0 Å². The number of hydrogen-bond acceptors (Lipinski definition) is 3. The lowest BCUT2D eigenvalue weighted by molar-refractivity contribution is -0.128. The smallest absolute Gasteiger partial charge is 0.254 e. The van der Waals surface area contributed by atoms with Crippen LogP contribution in [0, 0.1) is 0 Å². The lowest BCUT2D eigenvalue weighted by Gasteiger charge is -2.10. The second kappa shape index (κ2) is 6.20. The van der Waals surface area contributed by atoms with Gasteiger partial charge in [-0.1, -0.05) is 11.6 Å². The van der Waals surface area contributed by atoms with Crippen LogP contribution in [0.15, 0.2) is 18.3 Å². The maximum absolute atomic E-state index is 11.7. The summed E-state index contributed by atoms with van der Waals surface area (Å²) in [7, 11) is 3.34. The van der Waals surface area contributed by atoms with Gasteiger partial charge in [0.1, 0.15) is 5.15 Å². The van der Waals surface area contributed by atoms with Gasteiger partial charge in [0.15, 0.2) is 0 Å². The van der Waals surface area contributed by atoms with Crippen molar-refractivity contribution in [3.63, 3.8) is 0 Å². The molecule has 0 fully saturated rings. The molecule has 1 aromatic heterocycles. The van der Waals surface area contributed by atoms with Gasteiger partial charge in [-0.3, -0.25) is 9.59 Å². The van der Waals surface area contributed by atoms with E-state index in [0.717, 1.165) is 0 Å². The van der Waals surface area contributed by atoms with Crippen LogP contribution >= 0.6 is 11.6 Å². The maximum atomic E-state index is 11.7. The third-order valence-electron chi connectivity index (χ3n) is 2.13. The largest absolute Gasteiger partial charge is 0.351 e. The second-order valence-electron chi connectivity index (χ2n) is 3.64. The van der Waals surface area contributed by atoms with Crippen LogP contribution in [-0.4, -0.2) is 42.3 Å². The van der Waals surface area contributed by atoms with E-state index in [1.54, 1.807) is 26.2 Å². The zero-order valence-corrected chi connectivity index (χ0v) is 10.5. The molecule has 0 unspecified atom stereocenters. The van der Waals surface area contributed by atoms with Crippen LogP contribution < -0.4 is 5.32 Å². The van der Waals surface area contributed by atoms with Gasteiger partial charge >= 0.3 is 0 Å². The maximum Gasteiger partial charge on any atom is 0.254 e. The summed E-state index contributed by atoms with van der Waals surface area (Å²) in [6.07, 6.45) is 1.77. The first kappa shape index (κ1) is 13.4. The van der Waals surface area contributed by atoms with E-state index in [-0.39, 0.29) is 29.9 Å². The van der Waals surface area contributed by atoms with Gasteiger partial charge in [0.2, 0.25) is 5.91 Å². The highest BCUT2D eigenvalue weighted by Crippen LogP contribution is 2.10. The molecule has 0 saturated carbocycles. The average molecular weight is 256 g/mol. The second-order valence-corrected chi connectivity index (χ2v) is 3.99. The van der Waals surface area contributed by atoms with Crippen LogP contribution in [-0.2, 0) is 4.79 Å². The fourth-order valence-corrected chi connectivity index (χ4v) is 1.36. The van der Waals surface area contributed by atoms with Crippen LogP contribution in [0.1, 0.15) is 16.8 Å². The lowest BCUT2D eigenvalue weighted by Crippen LogP contribution is -2.30.